The first-order valence-corrected chi connectivity index (χ1v) is 5.81. The number of hydrogen-bond donors (Lipinski definition) is 1. The fraction of sp³-hybridized carbons (Fsp3) is 0.333. The summed E-state index contributed by atoms with van der Waals surface area (Å²) in [5.74, 6) is 1.01. The van der Waals surface area contributed by atoms with Crippen LogP contribution in [-0.4, -0.2) is 10.2 Å². The van der Waals surface area contributed by atoms with Crippen LogP contribution in [0.2, 0.25) is 5.02 Å². The van der Waals surface area contributed by atoms with Gasteiger partial charge in [-0.25, -0.2) is 0 Å². The van der Waals surface area contributed by atoms with Crippen LogP contribution in [0.25, 0.3) is 0 Å². The van der Waals surface area contributed by atoms with Gasteiger partial charge in [-0.3, -0.25) is 0 Å². The molecule has 18 heavy (non-hydrogen) atoms. The SMILES string of the molecule is Cc1cc(OC(C)(C)c2nnc(N)o2)ccc1Cl. The zero-order valence-corrected chi connectivity index (χ0v) is 11.2. The van der Waals surface area contributed by atoms with Crippen molar-refractivity contribution in [2.75, 3.05) is 5.73 Å². The number of aromatic nitrogens is 2. The Hall–Kier alpha value is -1.75. The number of benzene rings is 1. The molecule has 6 heteroatoms. The van der Waals surface area contributed by atoms with E-state index < -0.39 is 5.60 Å². The van der Waals surface area contributed by atoms with Gasteiger partial charge in [0.2, 0.25) is 0 Å². The molecule has 0 atom stereocenters. The van der Waals surface area contributed by atoms with E-state index in [1.165, 1.54) is 0 Å². The van der Waals surface area contributed by atoms with Crippen LogP contribution in [0.3, 0.4) is 0 Å². The molecule has 0 saturated carbocycles. The van der Waals surface area contributed by atoms with Gasteiger partial charge in [0, 0.05) is 5.02 Å². The van der Waals surface area contributed by atoms with Crippen molar-refractivity contribution in [2.24, 2.45) is 0 Å². The van der Waals surface area contributed by atoms with E-state index in [4.69, 9.17) is 26.5 Å². The third kappa shape index (κ3) is 2.56. The highest BCUT2D eigenvalue weighted by Gasteiger charge is 2.29. The number of anilines is 1. The van der Waals surface area contributed by atoms with Crippen LogP contribution in [-0.2, 0) is 5.60 Å². The van der Waals surface area contributed by atoms with Crippen LogP contribution in [0.1, 0.15) is 25.3 Å². The van der Waals surface area contributed by atoms with Crippen molar-refractivity contribution in [1.82, 2.24) is 10.2 Å². The predicted octanol–water partition coefficient (Wildman–Crippen LogP) is 2.93. The molecule has 1 heterocycles. The summed E-state index contributed by atoms with van der Waals surface area (Å²) in [4.78, 5) is 0. The molecular weight excluding hydrogens is 254 g/mol. The number of rotatable bonds is 3. The molecule has 5 nitrogen and oxygen atoms in total. The maximum Gasteiger partial charge on any atom is 0.312 e. The average Bonchev–Trinajstić information content (AvgIpc) is 2.71. The Morgan fingerprint density at radius 2 is 2.06 bits per heavy atom. The summed E-state index contributed by atoms with van der Waals surface area (Å²) in [5, 5.41) is 8.14. The molecule has 0 amide bonds. The highest BCUT2D eigenvalue weighted by molar-refractivity contribution is 6.31. The molecule has 0 bridgehead atoms. The number of halogens is 1. The van der Waals surface area contributed by atoms with Crippen LogP contribution in [0.5, 0.6) is 5.75 Å². The second-order valence-electron chi connectivity index (χ2n) is 4.47. The topological polar surface area (TPSA) is 74.2 Å². The van der Waals surface area contributed by atoms with Crippen molar-refractivity contribution in [2.45, 2.75) is 26.4 Å². The van der Waals surface area contributed by atoms with Crippen molar-refractivity contribution < 1.29 is 9.15 Å². The minimum absolute atomic E-state index is 0.0222. The molecule has 0 spiro atoms. The summed E-state index contributed by atoms with van der Waals surface area (Å²) in [6.07, 6.45) is 0. The van der Waals surface area contributed by atoms with E-state index in [-0.39, 0.29) is 6.01 Å². The van der Waals surface area contributed by atoms with E-state index in [2.05, 4.69) is 10.2 Å². The Morgan fingerprint density at radius 1 is 1.33 bits per heavy atom. The van der Waals surface area contributed by atoms with Crippen LogP contribution in [0, 0.1) is 6.92 Å². The van der Waals surface area contributed by atoms with Crippen LogP contribution in [0.4, 0.5) is 6.01 Å². The van der Waals surface area contributed by atoms with Gasteiger partial charge < -0.3 is 14.9 Å². The first-order chi connectivity index (χ1) is 8.38. The van der Waals surface area contributed by atoms with Gasteiger partial charge in [0.15, 0.2) is 5.60 Å². The lowest BCUT2D eigenvalue weighted by Crippen LogP contribution is -2.25. The third-order valence-corrected chi connectivity index (χ3v) is 2.88. The number of nitrogens with two attached hydrogens (primary N) is 1. The summed E-state index contributed by atoms with van der Waals surface area (Å²) in [6, 6.07) is 5.44. The van der Waals surface area contributed by atoms with Crippen LogP contribution in [0.15, 0.2) is 22.6 Å². The lowest BCUT2D eigenvalue weighted by atomic mass is 10.1. The maximum absolute atomic E-state index is 5.96. The molecule has 2 aromatic rings. The zero-order valence-electron chi connectivity index (χ0n) is 10.4. The number of hydrogen-bond acceptors (Lipinski definition) is 5. The number of nitrogens with zero attached hydrogens (tertiary/aromatic N) is 2. The molecule has 0 aliphatic heterocycles. The predicted molar refractivity (Wildman–Crippen MR) is 68.6 cm³/mol. The normalized spacial score (nSPS) is 11.6. The summed E-state index contributed by atoms with van der Waals surface area (Å²) in [7, 11) is 0. The quantitative estimate of drug-likeness (QED) is 0.925. The molecule has 0 fully saturated rings. The molecule has 2 N–H and O–H groups in total. The first kappa shape index (κ1) is 12.7. The molecular formula is C12H14ClN3O2. The lowest BCUT2D eigenvalue weighted by Gasteiger charge is -2.22. The Morgan fingerprint density at radius 3 is 2.61 bits per heavy atom. The number of aryl methyl sites for hydroxylation is 1. The van der Waals surface area contributed by atoms with Crippen molar-refractivity contribution in [3.63, 3.8) is 0 Å². The first-order valence-electron chi connectivity index (χ1n) is 5.43. The highest BCUT2D eigenvalue weighted by Crippen LogP contribution is 2.29. The average molecular weight is 268 g/mol. The Labute approximate surface area is 110 Å². The van der Waals surface area contributed by atoms with Gasteiger partial charge in [0.1, 0.15) is 5.75 Å². The zero-order chi connectivity index (χ0) is 13.3. The van der Waals surface area contributed by atoms with E-state index >= 15 is 0 Å². The molecule has 0 radical (unpaired) electrons. The molecule has 1 aromatic carbocycles. The van der Waals surface area contributed by atoms with Gasteiger partial charge in [0.25, 0.3) is 5.89 Å². The largest absolute Gasteiger partial charge is 0.478 e. The summed E-state index contributed by atoms with van der Waals surface area (Å²) in [6.45, 7) is 5.56. The van der Waals surface area contributed by atoms with Gasteiger partial charge in [-0.15, -0.1) is 5.10 Å². The summed E-state index contributed by atoms with van der Waals surface area (Å²) in [5.41, 5.74) is 5.58. The van der Waals surface area contributed by atoms with E-state index in [1.54, 1.807) is 12.1 Å². The standard InChI is InChI=1S/C12H14ClN3O2/c1-7-6-8(4-5-9(7)13)18-12(2,3)10-15-16-11(14)17-10/h4-6H,1-3H3,(H2,14,16). The van der Waals surface area contributed by atoms with Gasteiger partial charge in [-0.05, 0) is 44.5 Å². The summed E-state index contributed by atoms with van der Waals surface area (Å²) >= 11 is 5.96. The Balaban J connectivity index is 2.24. The molecule has 0 unspecified atom stereocenters. The van der Waals surface area contributed by atoms with Crippen molar-refractivity contribution >= 4 is 17.6 Å². The van der Waals surface area contributed by atoms with Crippen LogP contribution >= 0.6 is 11.6 Å². The Kier molecular flexibility index (Phi) is 3.17. The van der Waals surface area contributed by atoms with Crippen molar-refractivity contribution in [3.8, 4) is 5.75 Å². The number of ether oxygens (including phenoxy) is 1. The third-order valence-electron chi connectivity index (χ3n) is 2.46. The fourth-order valence-corrected chi connectivity index (χ4v) is 1.61. The van der Waals surface area contributed by atoms with Crippen molar-refractivity contribution in [3.05, 3.63) is 34.7 Å². The summed E-state index contributed by atoms with van der Waals surface area (Å²) < 4.78 is 11.0. The van der Waals surface area contributed by atoms with Gasteiger partial charge in [-0.1, -0.05) is 16.7 Å². The van der Waals surface area contributed by atoms with E-state index in [1.807, 2.05) is 26.8 Å². The van der Waals surface area contributed by atoms with Crippen LogP contribution < -0.4 is 10.5 Å². The molecule has 2 rings (SSSR count). The Bertz CT molecular complexity index is 566. The molecule has 96 valence electrons. The smallest absolute Gasteiger partial charge is 0.312 e. The number of nitrogen functional groups attached to an aromatic ring is 1. The monoisotopic (exact) mass is 267 g/mol. The minimum Gasteiger partial charge on any atom is -0.478 e. The second-order valence-corrected chi connectivity index (χ2v) is 4.88. The maximum atomic E-state index is 5.96. The van der Waals surface area contributed by atoms with Gasteiger partial charge in [0.05, 0.1) is 0 Å². The van der Waals surface area contributed by atoms with E-state index in [0.717, 1.165) is 5.56 Å². The van der Waals surface area contributed by atoms with E-state index in [0.29, 0.717) is 16.7 Å². The fourth-order valence-electron chi connectivity index (χ4n) is 1.50. The van der Waals surface area contributed by atoms with Gasteiger partial charge >= 0.3 is 6.01 Å². The minimum atomic E-state index is -0.759. The molecule has 0 aliphatic carbocycles. The van der Waals surface area contributed by atoms with Crippen molar-refractivity contribution in [1.29, 1.82) is 0 Å². The van der Waals surface area contributed by atoms with Gasteiger partial charge in [-0.2, -0.15) is 0 Å². The lowest BCUT2D eigenvalue weighted by molar-refractivity contribution is 0.0772. The van der Waals surface area contributed by atoms with E-state index in [9.17, 15) is 0 Å². The molecule has 0 saturated heterocycles. The molecule has 1 aromatic heterocycles. The second kappa shape index (κ2) is 4.49. The molecule has 0 aliphatic rings. The highest BCUT2D eigenvalue weighted by atomic mass is 35.5.